The topological polar surface area (TPSA) is 75.2 Å². The summed E-state index contributed by atoms with van der Waals surface area (Å²) in [6.45, 7) is 3.77. The fraction of sp³-hybridized carbons (Fsp3) is 0.750. The van der Waals surface area contributed by atoms with E-state index < -0.39 is 0 Å². The Morgan fingerprint density at radius 2 is 2.00 bits per heavy atom. The number of carbonyl (C=O) groups is 2. The van der Waals surface area contributed by atoms with Gasteiger partial charge in [-0.15, -0.1) is 10.2 Å². The first-order chi connectivity index (χ1) is 11.5. The summed E-state index contributed by atoms with van der Waals surface area (Å²) in [6, 6.07) is 0.587. The lowest BCUT2D eigenvalue weighted by atomic mass is 9.86. The minimum Gasteiger partial charge on any atom is -0.352 e. The SMILES string of the molecule is CC(=O)N(c1nnc(SCC(=O)N[C@H]2CCCC[C@H]2C)s1)C1CC1. The van der Waals surface area contributed by atoms with Crippen molar-refractivity contribution in [1.29, 1.82) is 0 Å². The summed E-state index contributed by atoms with van der Waals surface area (Å²) in [5.74, 6) is 0.972. The van der Waals surface area contributed by atoms with Crippen LogP contribution in [-0.2, 0) is 9.59 Å². The second kappa shape index (κ2) is 7.82. The van der Waals surface area contributed by atoms with E-state index in [9.17, 15) is 9.59 Å². The maximum absolute atomic E-state index is 12.2. The van der Waals surface area contributed by atoms with Crippen molar-refractivity contribution in [3.63, 3.8) is 0 Å². The zero-order valence-corrected chi connectivity index (χ0v) is 15.8. The molecule has 2 atom stereocenters. The lowest BCUT2D eigenvalue weighted by Gasteiger charge is -2.29. The summed E-state index contributed by atoms with van der Waals surface area (Å²) in [4.78, 5) is 25.6. The molecule has 0 radical (unpaired) electrons. The van der Waals surface area contributed by atoms with Gasteiger partial charge in [0.25, 0.3) is 0 Å². The van der Waals surface area contributed by atoms with E-state index in [2.05, 4.69) is 22.4 Å². The molecular formula is C16H24N4O2S2. The molecule has 0 spiro atoms. The predicted molar refractivity (Wildman–Crippen MR) is 96.4 cm³/mol. The standard InChI is InChI=1S/C16H24N4O2S2/c1-10-5-3-4-6-13(10)17-14(22)9-23-16-19-18-15(24-16)20(11(2)21)12-7-8-12/h10,12-13H,3-9H2,1-2H3,(H,17,22)/t10-,13+/m1/s1. The molecule has 1 aromatic heterocycles. The molecule has 2 saturated carbocycles. The highest BCUT2D eigenvalue weighted by atomic mass is 32.2. The summed E-state index contributed by atoms with van der Waals surface area (Å²) < 4.78 is 0.740. The van der Waals surface area contributed by atoms with Crippen LogP contribution in [-0.4, -0.2) is 39.8 Å². The summed E-state index contributed by atoms with van der Waals surface area (Å²) in [5.41, 5.74) is 0. The van der Waals surface area contributed by atoms with Crippen LogP contribution in [0.5, 0.6) is 0 Å². The van der Waals surface area contributed by atoms with Crippen molar-refractivity contribution >= 4 is 40.0 Å². The van der Waals surface area contributed by atoms with Crippen LogP contribution in [0.3, 0.4) is 0 Å². The molecule has 0 aromatic carbocycles. The number of hydrogen-bond donors (Lipinski definition) is 1. The first kappa shape index (κ1) is 17.7. The van der Waals surface area contributed by atoms with E-state index in [4.69, 9.17) is 0 Å². The summed E-state index contributed by atoms with van der Waals surface area (Å²) >= 11 is 2.79. The smallest absolute Gasteiger partial charge is 0.230 e. The van der Waals surface area contributed by atoms with Gasteiger partial charge in [-0.3, -0.25) is 14.5 Å². The molecule has 24 heavy (non-hydrogen) atoms. The number of anilines is 1. The van der Waals surface area contributed by atoms with Crippen LogP contribution in [0.1, 0.15) is 52.4 Å². The Morgan fingerprint density at radius 3 is 2.67 bits per heavy atom. The van der Waals surface area contributed by atoms with Crippen LogP contribution in [0, 0.1) is 5.92 Å². The molecule has 3 rings (SSSR count). The molecule has 8 heteroatoms. The lowest BCUT2D eigenvalue weighted by Crippen LogP contribution is -2.41. The number of hydrogen-bond acceptors (Lipinski definition) is 6. The molecule has 2 aliphatic carbocycles. The molecule has 0 unspecified atom stereocenters. The average molecular weight is 369 g/mol. The molecule has 0 bridgehead atoms. The van der Waals surface area contributed by atoms with E-state index in [1.54, 1.807) is 11.8 Å². The number of aromatic nitrogens is 2. The van der Waals surface area contributed by atoms with Crippen molar-refractivity contribution < 1.29 is 9.59 Å². The second-order valence-corrected chi connectivity index (χ2v) is 8.87. The summed E-state index contributed by atoms with van der Waals surface area (Å²) in [7, 11) is 0. The van der Waals surface area contributed by atoms with Gasteiger partial charge in [-0.25, -0.2) is 0 Å². The summed E-state index contributed by atoms with van der Waals surface area (Å²) in [6.07, 6.45) is 6.80. The zero-order chi connectivity index (χ0) is 17.1. The van der Waals surface area contributed by atoms with E-state index in [0.717, 1.165) is 23.6 Å². The monoisotopic (exact) mass is 368 g/mol. The Labute approximate surface area is 150 Å². The van der Waals surface area contributed by atoms with Gasteiger partial charge in [-0.05, 0) is 31.6 Å². The maximum atomic E-state index is 12.2. The van der Waals surface area contributed by atoms with Gasteiger partial charge in [0.2, 0.25) is 16.9 Å². The van der Waals surface area contributed by atoms with Crippen LogP contribution in [0.4, 0.5) is 5.13 Å². The van der Waals surface area contributed by atoms with E-state index in [0.29, 0.717) is 22.8 Å². The van der Waals surface area contributed by atoms with Crippen molar-refractivity contribution in [3.8, 4) is 0 Å². The van der Waals surface area contributed by atoms with Gasteiger partial charge in [0.1, 0.15) is 0 Å². The molecule has 2 fully saturated rings. The van der Waals surface area contributed by atoms with Gasteiger partial charge in [-0.1, -0.05) is 42.9 Å². The normalized spacial score (nSPS) is 23.8. The number of amides is 2. The molecule has 1 aromatic rings. The van der Waals surface area contributed by atoms with E-state index in [1.807, 2.05) is 0 Å². The van der Waals surface area contributed by atoms with E-state index >= 15 is 0 Å². The molecule has 0 saturated heterocycles. The third-order valence-corrected chi connectivity index (χ3v) is 6.69. The number of rotatable bonds is 6. The molecular weight excluding hydrogens is 344 g/mol. The van der Waals surface area contributed by atoms with Crippen molar-refractivity contribution in [1.82, 2.24) is 15.5 Å². The fourth-order valence-electron chi connectivity index (χ4n) is 3.15. The fourth-order valence-corrected chi connectivity index (χ4v) is 4.91. The van der Waals surface area contributed by atoms with Gasteiger partial charge in [0, 0.05) is 19.0 Å². The maximum Gasteiger partial charge on any atom is 0.230 e. The molecule has 1 heterocycles. The van der Waals surface area contributed by atoms with Crippen LogP contribution >= 0.6 is 23.1 Å². The van der Waals surface area contributed by atoms with Gasteiger partial charge < -0.3 is 5.32 Å². The lowest BCUT2D eigenvalue weighted by molar-refractivity contribution is -0.120. The number of thioether (sulfide) groups is 1. The van der Waals surface area contributed by atoms with Gasteiger partial charge in [0.05, 0.1) is 5.75 Å². The van der Waals surface area contributed by atoms with Crippen molar-refractivity contribution in [2.45, 2.75) is 68.8 Å². The summed E-state index contributed by atoms with van der Waals surface area (Å²) in [5, 5.41) is 12.0. The largest absolute Gasteiger partial charge is 0.352 e. The minimum atomic E-state index is 0.00855. The number of carbonyl (C=O) groups excluding carboxylic acids is 2. The molecule has 2 amide bonds. The molecule has 1 N–H and O–H groups in total. The Balaban J connectivity index is 1.49. The van der Waals surface area contributed by atoms with Gasteiger partial charge >= 0.3 is 0 Å². The van der Waals surface area contributed by atoms with Crippen LogP contribution in [0.2, 0.25) is 0 Å². The van der Waals surface area contributed by atoms with Crippen LogP contribution in [0.15, 0.2) is 4.34 Å². The minimum absolute atomic E-state index is 0.00855. The highest BCUT2D eigenvalue weighted by Gasteiger charge is 2.34. The van der Waals surface area contributed by atoms with Crippen molar-refractivity contribution in [3.05, 3.63) is 0 Å². The highest BCUT2D eigenvalue weighted by Crippen LogP contribution is 2.35. The number of nitrogens with one attached hydrogen (secondary N) is 1. The average Bonchev–Trinajstić information content (AvgIpc) is 3.25. The Bertz CT molecular complexity index is 603. The van der Waals surface area contributed by atoms with Gasteiger partial charge in [-0.2, -0.15) is 0 Å². The quantitative estimate of drug-likeness (QED) is 0.617. The van der Waals surface area contributed by atoms with Gasteiger partial charge in [0.15, 0.2) is 4.34 Å². The van der Waals surface area contributed by atoms with Crippen LogP contribution in [0.25, 0.3) is 0 Å². The molecule has 6 nitrogen and oxygen atoms in total. The Kier molecular flexibility index (Phi) is 5.76. The Morgan fingerprint density at radius 1 is 1.25 bits per heavy atom. The van der Waals surface area contributed by atoms with Crippen molar-refractivity contribution in [2.24, 2.45) is 5.92 Å². The third kappa shape index (κ3) is 4.47. The Hall–Kier alpha value is -1.15. The van der Waals surface area contributed by atoms with Crippen LogP contribution < -0.4 is 10.2 Å². The molecule has 2 aliphatic rings. The first-order valence-electron chi connectivity index (χ1n) is 8.60. The number of nitrogens with zero attached hydrogens (tertiary/aromatic N) is 3. The van der Waals surface area contributed by atoms with Crippen molar-refractivity contribution in [2.75, 3.05) is 10.7 Å². The van der Waals surface area contributed by atoms with E-state index in [-0.39, 0.29) is 17.9 Å². The second-order valence-electron chi connectivity index (χ2n) is 6.70. The first-order valence-corrected chi connectivity index (χ1v) is 10.4. The molecule has 132 valence electrons. The van der Waals surface area contributed by atoms with E-state index in [1.165, 1.54) is 42.4 Å². The highest BCUT2D eigenvalue weighted by molar-refractivity contribution is 8.01. The zero-order valence-electron chi connectivity index (χ0n) is 14.2. The third-order valence-electron chi connectivity index (χ3n) is 4.64. The molecule has 0 aliphatic heterocycles. The predicted octanol–water partition coefficient (Wildman–Crippen LogP) is 2.84.